The van der Waals surface area contributed by atoms with Gasteiger partial charge in [-0.15, -0.1) is 5.10 Å². The van der Waals surface area contributed by atoms with Crippen LogP contribution in [-0.4, -0.2) is 59.8 Å². The molecule has 1 aliphatic heterocycles. The largest absolute Gasteiger partial charge is 0.379 e. The third-order valence-corrected chi connectivity index (χ3v) is 7.00. The summed E-state index contributed by atoms with van der Waals surface area (Å²) in [6, 6.07) is 11.3. The number of halogens is 1. The number of hydrogen-bond donors (Lipinski definition) is 2. The van der Waals surface area contributed by atoms with E-state index in [0.717, 1.165) is 21.4 Å². The van der Waals surface area contributed by atoms with Gasteiger partial charge >= 0.3 is 0 Å². The minimum absolute atomic E-state index is 0.556. The summed E-state index contributed by atoms with van der Waals surface area (Å²) in [7, 11) is 0.612. The molecule has 11 heteroatoms. The lowest BCUT2D eigenvalue weighted by Crippen LogP contribution is -2.37. The van der Waals surface area contributed by atoms with Gasteiger partial charge in [0.15, 0.2) is 5.82 Å². The van der Waals surface area contributed by atoms with E-state index >= 15 is 0 Å². The van der Waals surface area contributed by atoms with E-state index in [-0.39, 0.29) is 0 Å². The molecule has 1 saturated heterocycles. The molecule has 0 amide bonds. The Bertz CT molecular complexity index is 1250. The van der Waals surface area contributed by atoms with E-state index < -0.39 is 11.0 Å². The van der Waals surface area contributed by atoms with Crippen LogP contribution in [0.25, 0.3) is 22.3 Å². The highest BCUT2D eigenvalue weighted by Gasteiger charge is 2.19. The third kappa shape index (κ3) is 3.94. The number of morpholine rings is 1. The number of aromatic nitrogens is 5. The number of H-pyrrole nitrogens is 1. The highest BCUT2D eigenvalue weighted by Crippen LogP contribution is 2.32. The van der Waals surface area contributed by atoms with Gasteiger partial charge in [0.05, 0.1) is 40.5 Å². The van der Waals surface area contributed by atoms with Gasteiger partial charge in [-0.1, -0.05) is 11.6 Å². The molecular weight excluding hydrogens is 438 g/mol. The lowest BCUT2D eigenvalue weighted by molar-refractivity contribution is 0.0752. The zero-order valence-electron chi connectivity index (χ0n) is 16.7. The summed E-state index contributed by atoms with van der Waals surface area (Å²) in [5, 5.41) is 16.0. The van der Waals surface area contributed by atoms with E-state index in [9.17, 15) is 4.21 Å². The molecule has 1 fully saturated rings. The fraction of sp³-hybridized carbons (Fsp3) is 0.250. The average Bonchev–Trinajstić information content (AvgIpc) is 3.43. The molecule has 3 heterocycles. The lowest BCUT2D eigenvalue weighted by Gasteiger charge is -2.25. The minimum atomic E-state index is -1.20. The van der Waals surface area contributed by atoms with E-state index in [1.54, 1.807) is 10.9 Å². The van der Waals surface area contributed by atoms with Gasteiger partial charge in [-0.2, -0.15) is 10.1 Å². The van der Waals surface area contributed by atoms with Crippen molar-refractivity contribution < 1.29 is 8.95 Å². The summed E-state index contributed by atoms with van der Waals surface area (Å²) in [6.45, 7) is 2.54. The van der Waals surface area contributed by atoms with E-state index in [2.05, 4.69) is 25.6 Å². The van der Waals surface area contributed by atoms with Crippen molar-refractivity contribution in [3.8, 4) is 11.4 Å². The SMILES string of the molecule is Cn1nc(-c2ccc(S(=O)N3CCOCC3)cc2)nc1Nc1ccc2[nH]ncc2c1Cl. The van der Waals surface area contributed by atoms with E-state index in [1.165, 1.54) is 0 Å². The van der Waals surface area contributed by atoms with Crippen molar-refractivity contribution in [1.29, 1.82) is 0 Å². The van der Waals surface area contributed by atoms with Crippen molar-refractivity contribution in [3.63, 3.8) is 0 Å². The zero-order chi connectivity index (χ0) is 21.4. The van der Waals surface area contributed by atoms with Gasteiger partial charge in [-0.3, -0.25) is 5.10 Å². The van der Waals surface area contributed by atoms with E-state index in [1.807, 2.05) is 47.8 Å². The lowest BCUT2D eigenvalue weighted by atomic mass is 10.2. The molecule has 1 atom stereocenters. The Morgan fingerprint density at radius 3 is 2.71 bits per heavy atom. The van der Waals surface area contributed by atoms with Crippen LogP contribution in [0.5, 0.6) is 0 Å². The first-order chi connectivity index (χ1) is 15.1. The Hall–Kier alpha value is -2.79. The highest BCUT2D eigenvalue weighted by molar-refractivity contribution is 7.82. The Morgan fingerprint density at radius 2 is 1.94 bits per heavy atom. The molecule has 0 spiro atoms. The molecule has 2 N–H and O–H groups in total. The zero-order valence-corrected chi connectivity index (χ0v) is 18.3. The van der Waals surface area contributed by atoms with Crippen LogP contribution in [0.1, 0.15) is 0 Å². The number of nitrogens with one attached hydrogen (secondary N) is 2. The number of fused-ring (bicyclic) bond motifs is 1. The molecule has 0 radical (unpaired) electrons. The first-order valence-electron chi connectivity index (χ1n) is 9.75. The summed E-state index contributed by atoms with van der Waals surface area (Å²) in [5.41, 5.74) is 2.42. The molecule has 0 aliphatic carbocycles. The van der Waals surface area contributed by atoms with Crippen LogP contribution in [0, 0.1) is 0 Å². The normalized spacial score (nSPS) is 15.9. The van der Waals surface area contributed by atoms with Crippen LogP contribution in [0.15, 0.2) is 47.5 Å². The number of hydrogen-bond acceptors (Lipinski definition) is 6. The van der Waals surface area contributed by atoms with Gasteiger partial charge in [0.2, 0.25) is 5.95 Å². The first-order valence-corrected chi connectivity index (χ1v) is 11.2. The molecule has 1 aliphatic rings. The third-order valence-electron chi connectivity index (χ3n) is 5.09. The van der Waals surface area contributed by atoms with E-state index in [0.29, 0.717) is 48.8 Å². The molecule has 5 rings (SSSR count). The van der Waals surface area contributed by atoms with Crippen molar-refractivity contribution in [3.05, 3.63) is 47.6 Å². The van der Waals surface area contributed by atoms with Gasteiger partial charge < -0.3 is 10.1 Å². The second-order valence-corrected chi connectivity index (χ2v) is 8.94. The summed E-state index contributed by atoms with van der Waals surface area (Å²) >= 11 is 6.50. The standard InChI is InChI=1S/C20H20ClN7O2S/c1-27-20(23-17-7-6-16-15(18(17)21)12-22-25-16)24-19(26-27)13-2-4-14(5-3-13)31(29)28-8-10-30-11-9-28/h2-7,12H,8-11H2,1H3,(H,22,25)(H,23,24,26). The predicted octanol–water partition coefficient (Wildman–Crippen LogP) is 3.11. The number of aryl methyl sites for hydroxylation is 1. The summed E-state index contributed by atoms with van der Waals surface area (Å²) < 4.78 is 21.6. The van der Waals surface area contributed by atoms with Crippen molar-refractivity contribution in [1.82, 2.24) is 29.3 Å². The van der Waals surface area contributed by atoms with Crippen molar-refractivity contribution in [2.24, 2.45) is 7.05 Å². The fourth-order valence-electron chi connectivity index (χ4n) is 3.40. The summed E-state index contributed by atoms with van der Waals surface area (Å²) in [6.07, 6.45) is 1.69. The van der Waals surface area contributed by atoms with Crippen LogP contribution in [0.4, 0.5) is 11.6 Å². The number of ether oxygens (including phenoxy) is 1. The van der Waals surface area contributed by atoms with Crippen LogP contribution in [-0.2, 0) is 22.8 Å². The Labute approximate surface area is 186 Å². The maximum Gasteiger partial charge on any atom is 0.225 e. The number of nitrogens with zero attached hydrogens (tertiary/aromatic N) is 5. The van der Waals surface area contributed by atoms with Crippen LogP contribution < -0.4 is 5.32 Å². The Kier molecular flexibility index (Phi) is 5.45. The molecule has 1 unspecified atom stereocenters. The summed E-state index contributed by atoms with van der Waals surface area (Å²) in [4.78, 5) is 5.35. The second-order valence-electron chi connectivity index (χ2n) is 7.08. The van der Waals surface area contributed by atoms with Crippen LogP contribution in [0.3, 0.4) is 0 Å². The number of anilines is 2. The molecule has 31 heavy (non-hydrogen) atoms. The predicted molar refractivity (Wildman–Crippen MR) is 120 cm³/mol. The van der Waals surface area contributed by atoms with Crippen LogP contribution >= 0.6 is 11.6 Å². The fourth-order valence-corrected chi connectivity index (χ4v) is 4.81. The number of rotatable bonds is 5. The first kappa shape index (κ1) is 20.1. The van der Waals surface area contributed by atoms with Gasteiger partial charge in [0.25, 0.3) is 0 Å². The maximum atomic E-state index is 12.7. The molecule has 4 aromatic rings. The van der Waals surface area contributed by atoms with Gasteiger partial charge in [0, 0.05) is 31.1 Å². The number of benzene rings is 2. The van der Waals surface area contributed by atoms with Crippen molar-refractivity contribution >= 4 is 45.1 Å². The quantitative estimate of drug-likeness (QED) is 0.477. The van der Waals surface area contributed by atoms with Crippen molar-refractivity contribution in [2.45, 2.75) is 4.90 Å². The van der Waals surface area contributed by atoms with Gasteiger partial charge in [0.1, 0.15) is 11.0 Å². The topological polar surface area (TPSA) is 101 Å². The second kappa shape index (κ2) is 8.39. The maximum absolute atomic E-state index is 12.7. The summed E-state index contributed by atoms with van der Waals surface area (Å²) in [5.74, 6) is 1.12. The molecular formula is C20H20ClN7O2S. The molecule has 160 valence electrons. The average molecular weight is 458 g/mol. The van der Waals surface area contributed by atoms with Gasteiger partial charge in [-0.25, -0.2) is 13.2 Å². The molecule has 2 aromatic heterocycles. The minimum Gasteiger partial charge on any atom is -0.379 e. The van der Waals surface area contributed by atoms with E-state index in [4.69, 9.17) is 16.3 Å². The highest BCUT2D eigenvalue weighted by atomic mass is 35.5. The number of aromatic amines is 1. The molecule has 2 aromatic carbocycles. The van der Waals surface area contributed by atoms with Crippen LogP contribution in [0.2, 0.25) is 5.02 Å². The Balaban J connectivity index is 1.36. The molecule has 9 nitrogen and oxygen atoms in total. The molecule has 0 bridgehead atoms. The van der Waals surface area contributed by atoms with Crippen molar-refractivity contribution in [2.75, 3.05) is 31.6 Å². The monoisotopic (exact) mass is 457 g/mol. The Morgan fingerprint density at radius 1 is 1.16 bits per heavy atom. The molecule has 0 saturated carbocycles. The van der Waals surface area contributed by atoms with Gasteiger partial charge in [-0.05, 0) is 36.4 Å². The smallest absolute Gasteiger partial charge is 0.225 e.